The third kappa shape index (κ3) is 4.45. The van der Waals surface area contributed by atoms with E-state index >= 15 is 0 Å². The van der Waals surface area contributed by atoms with Crippen LogP contribution in [-0.2, 0) is 6.18 Å². The number of ether oxygens (including phenoxy) is 1. The van der Waals surface area contributed by atoms with Crippen molar-refractivity contribution in [1.82, 2.24) is 15.0 Å². The third-order valence-corrected chi connectivity index (χ3v) is 3.77. The molecule has 0 spiro atoms. The van der Waals surface area contributed by atoms with Crippen molar-refractivity contribution in [2.75, 3.05) is 11.0 Å². The molecule has 1 N–H and O–H groups in total. The van der Waals surface area contributed by atoms with Crippen molar-refractivity contribution in [2.45, 2.75) is 6.18 Å². The molecule has 0 atom stereocenters. The lowest BCUT2D eigenvalue weighted by atomic mass is 10.2. The Bertz CT molecular complexity index is 935. The summed E-state index contributed by atoms with van der Waals surface area (Å²) in [6, 6.07) is 5.36. The highest BCUT2D eigenvalue weighted by atomic mass is 32.2. The molecule has 1 aromatic carbocycles. The van der Waals surface area contributed by atoms with Gasteiger partial charge < -0.3 is 9.46 Å². The van der Waals surface area contributed by atoms with Crippen LogP contribution in [0.15, 0.2) is 48.9 Å². The summed E-state index contributed by atoms with van der Waals surface area (Å²) in [5, 5.41) is 0. The summed E-state index contributed by atoms with van der Waals surface area (Å²) in [5.41, 5.74) is -0.272. The van der Waals surface area contributed by atoms with Crippen molar-refractivity contribution >= 4 is 17.8 Å². The Morgan fingerprint density at radius 1 is 1.04 bits per heavy atom. The van der Waals surface area contributed by atoms with E-state index in [0.717, 1.165) is 12.1 Å². The molecule has 0 aliphatic heterocycles. The molecule has 5 nitrogen and oxygen atoms in total. The summed E-state index contributed by atoms with van der Waals surface area (Å²) in [7, 11) is 0. The number of aromatic nitrogens is 3. The SMILES string of the molecule is CSNc1ncc(-c2nccnc2Oc2ccc(C(F)(F)F)cc2)cc1F. The van der Waals surface area contributed by atoms with Gasteiger partial charge in [0.25, 0.3) is 0 Å². The Hall–Kier alpha value is -2.88. The average molecular weight is 396 g/mol. The first-order valence-electron chi connectivity index (χ1n) is 7.49. The van der Waals surface area contributed by atoms with Crippen LogP contribution in [0, 0.1) is 5.82 Å². The van der Waals surface area contributed by atoms with Crippen molar-refractivity contribution in [3.8, 4) is 22.9 Å². The van der Waals surface area contributed by atoms with Crippen molar-refractivity contribution in [3.05, 3.63) is 60.3 Å². The standard InChI is InChI=1S/C17H12F4N4OS/c1-27-25-15-13(18)8-10(9-24-15)14-16(23-7-6-22-14)26-12-4-2-11(3-5-12)17(19,20)21/h2-9H,1H3,(H,24,25). The summed E-state index contributed by atoms with van der Waals surface area (Å²) >= 11 is 1.19. The number of benzene rings is 1. The van der Waals surface area contributed by atoms with E-state index in [-0.39, 0.29) is 23.1 Å². The van der Waals surface area contributed by atoms with Gasteiger partial charge in [-0.15, -0.1) is 0 Å². The zero-order valence-electron chi connectivity index (χ0n) is 13.8. The zero-order valence-corrected chi connectivity index (χ0v) is 14.6. The summed E-state index contributed by atoms with van der Waals surface area (Å²) in [6.45, 7) is 0. The van der Waals surface area contributed by atoms with Crippen LogP contribution in [0.4, 0.5) is 23.4 Å². The van der Waals surface area contributed by atoms with Crippen molar-refractivity contribution < 1.29 is 22.3 Å². The Balaban J connectivity index is 1.89. The minimum Gasteiger partial charge on any atom is -0.437 e. The highest BCUT2D eigenvalue weighted by Gasteiger charge is 2.30. The van der Waals surface area contributed by atoms with Gasteiger partial charge in [-0.25, -0.2) is 19.3 Å². The van der Waals surface area contributed by atoms with E-state index in [2.05, 4.69) is 19.7 Å². The number of hydrogen-bond donors (Lipinski definition) is 1. The van der Waals surface area contributed by atoms with Gasteiger partial charge in [-0.05, 0) is 30.3 Å². The lowest BCUT2D eigenvalue weighted by molar-refractivity contribution is -0.137. The fourth-order valence-corrected chi connectivity index (χ4v) is 2.50. The summed E-state index contributed by atoms with van der Waals surface area (Å²) in [6.07, 6.45) is 1.43. The largest absolute Gasteiger partial charge is 0.437 e. The lowest BCUT2D eigenvalue weighted by Crippen LogP contribution is -2.04. The molecule has 2 heterocycles. The summed E-state index contributed by atoms with van der Waals surface area (Å²) < 4.78 is 60.3. The lowest BCUT2D eigenvalue weighted by Gasteiger charge is -2.11. The number of nitrogens with zero attached hydrogens (tertiary/aromatic N) is 3. The first kappa shape index (κ1) is 18.9. The molecule has 0 saturated heterocycles. The van der Waals surface area contributed by atoms with E-state index in [1.165, 1.54) is 48.7 Å². The molecule has 3 aromatic rings. The fraction of sp³-hybridized carbons (Fsp3) is 0.118. The smallest absolute Gasteiger partial charge is 0.416 e. The highest BCUT2D eigenvalue weighted by molar-refractivity contribution is 7.99. The Labute approximate surface area is 156 Å². The second-order valence-corrected chi connectivity index (χ2v) is 5.81. The predicted molar refractivity (Wildman–Crippen MR) is 93.9 cm³/mol. The Kier molecular flexibility index (Phi) is 5.45. The van der Waals surface area contributed by atoms with Crippen molar-refractivity contribution in [2.24, 2.45) is 0 Å². The number of halogens is 4. The number of pyridine rings is 1. The molecule has 0 bridgehead atoms. The normalized spacial score (nSPS) is 11.3. The Morgan fingerprint density at radius 3 is 2.37 bits per heavy atom. The summed E-state index contributed by atoms with van der Waals surface area (Å²) in [4.78, 5) is 12.1. The number of anilines is 1. The number of rotatable bonds is 5. The van der Waals surface area contributed by atoms with Gasteiger partial charge in [-0.1, -0.05) is 11.9 Å². The van der Waals surface area contributed by atoms with Gasteiger partial charge in [0.05, 0.1) is 5.56 Å². The molecular formula is C17H12F4N4OS. The molecule has 0 fully saturated rings. The topological polar surface area (TPSA) is 59.9 Å². The molecule has 0 unspecified atom stereocenters. The van der Waals surface area contributed by atoms with E-state index < -0.39 is 17.6 Å². The molecule has 0 aliphatic rings. The van der Waals surface area contributed by atoms with Crippen molar-refractivity contribution in [3.63, 3.8) is 0 Å². The predicted octanol–water partition coefficient (Wildman–Crippen LogP) is 5.18. The van der Waals surface area contributed by atoms with Crippen LogP contribution < -0.4 is 9.46 Å². The first-order chi connectivity index (χ1) is 12.9. The molecule has 0 aliphatic carbocycles. The van der Waals surface area contributed by atoms with Gasteiger partial charge in [0.1, 0.15) is 11.4 Å². The summed E-state index contributed by atoms with van der Waals surface area (Å²) in [5.74, 6) is -0.365. The van der Waals surface area contributed by atoms with E-state index in [9.17, 15) is 17.6 Å². The molecule has 0 amide bonds. The van der Waals surface area contributed by atoms with Gasteiger partial charge in [0, 0.05) is 30.4 Å². The maximum Gasteiger partial charge on any atom is 0.416 e. The zero-order chi connectivity index (χ0) is 19.4. The minimum atomic E-state index is -4.44. The van der Waals surface area contributed by atoms with Crippen LogP contribution >= 0.6 is 11.9 Å². The average Bonchev–Trinajstić information content (AvgIpc) is 2.64. The minimum absolute atomic E-state index is 0.0176. The molecular weight excluding hydrogens is 384 g/mol. The van der Waals surface area contributed by atoms with Crippen LogP contribution in [0.5, 0.6) is 11.6 Å². The van der Waals surface area contributed by atoms with Crippen LogP contribution in [0.2, 0.25) is 0 Å². The maximum absolute atomic E-state index is 14.1. The van der Waals surface area contributed by atoms with Gasteiger partial charge in [-0.3, -0.25) is 0 Å². The van der Waals surface area contributed by atoms with E-state index in [4.69, 9.17) is 4.74 Å². The van der Waals surface area contributed by atoms with Gasteiger partial charge in [-0.2, -0.15) is 13.2 Å². The maximum atomic E-state index is 14.1. The quantitative estimate of drug-likeness (QED) is 0.474. The van der Waals surface area contributed by atoms with Crippen LogP contribution in [0.3, 0.4) is 0 Å². The number of hydrogen-bond acceptors (Lipinski definition) is 6. The highest BCUT2D eigenvalue weighted by Crippen LogP contribution is 2.33. The monoisotopic (exact) mass is 396 g/mol. The number of alkyl halides is 3. The van der Waals surface area contributed by atoms with E-state index in [1.54, 1.807) is 6.26 Å². The molecule has 27 heavy (non-hydrogen) atoms. The number of nitrogens with one attached hydrogen (secondary N) is 1. The second kappa shape index (κ2) is 7.78. The molecule has 3 rings (SSSR count). The third-order valence-electron chi connectivity index (χ3n) is 3.37. The molecule has 0 radical (unpaired) electrons. The van der Waals surface area contributed by atoms with E-state index in [0.29, 0.717) is 5.56 Å². The second-order valence-electron chi connectivity index (χ2n) is 5.19. The fourth-order valence-electron chi connectivity index (χ4n) is 2.16. The Morgan fingerprint density at radius 2 is 1.74 bits per heavy atom. The molecule has 140 valence electrons. The van der Waals surface area contributed by atoms with Crippen LogP contribution in [0.25, 0.3) is 11.3 Å². The molecule has 10 heteroatoms. The van der Waals surface area contributed by atoms with Gasteiger partial charge >= 0.3 is 6.18 Å². The first-order valence-corrected chi connectivity index (χ1v) is 8.72. The van der Waals surface area contributed by atoms with Gasteiger partial charge in [0.15, 0.2) is 11.6 Å². The van der Waals surface area contributed by atoms with Crippen LogP contribution in [-0.4, -0.2) is 21.2 Å². The van der Waals surface area contributed by atoms with E-state index in [1.807, 2.05) is 0 Å². The molecule has 0 saturated carbocycles. The molecule has 2 aromatic heterocycles. The van der Waals surface area contributed by atoms with Gasteiger partial charge in [0.2, 0.25) is 5.88 Å². The van der Waals surface area contributed by atoms with Crippen molar-refractivity contribution in [1.29, 1.82) is 0 Å². The van der Waals surface area contributed by atoms with Crippen LogP contribution in [0.1, 0.15) is 5.56 Å².